The van der Waals surface area contributed by atoms with Crippen molar-refractivity contribution in [3.05, 3.63) is 70.1 Å². The zero-order valence-electron chi connectivity index (χ0n) is 13.6. The number of hydrogen-bond donors (Lipinski definition) is 1. The van der Waals surface area contributed by atoms with Crippen LogP contribution in [0.3, 0.4) is 0 Å². The first-order valence-corrected chi connectivity index (χ1v) is 8.24. The molecule has 23 heavy (non-hydrogen) atoms. The summed E-state index contributed by atoms with van der Waals surface area (Å²) in [6.45, 7) is 2.73. The third-order valence-electron chi connectivity index (χ3n) is 4.79. The van der Waals surface area contributed by atoms with E-state index in [0.29, 0.717) is 5.92 Å². The third-order valence-corrected chi connectivity index (χ3v) is 4.79. The van der Waals surface area contributed by atoms with Gasteiger partial charge in [-0.25, -0.2) is 0 Å². The van der Waals surface area contributed by atoms with Crippen molar-refractivity contribution in [1.29, 1.82) is 0 Å². The maximum atomic E-state index is 11.7. The standard InChI is InChI=1S/C19H24N2O2/c1-20-10-7-15(13-18(20)22)14-21-11-8-17(9-12-21)19(23)16-5-3-2-4-6-16/h2-7,10,13,17,19,23H,8-9,11-12,14H2,1H3. The van der Waals surface area contributed by atoms with Crippen molar-refractivity contribution in [2.45, 2.75) is 25.5 Å². The zero-order valence-corrected chi connectivity index (χ0v) is 13.6. The molecule has 1 unspecified atom stereocenters. The Hall–Kier alpha value is -1.91. The molecule has 1 saturated heterocycles. The molecule has 0 amide bonds. The van der Waals surface area contributed by atoms with Crippen molar-refractivity contribution < 1.29 is 5.11 Å². The summed E-state index contributed by atoms with van der Waals surface area (Å²) in [4.78, 5) is 14.1. The smallest absolute Gasteiger partial charge is 0.250 e. The maximum absolute atomic E-state index is 11.7. The van der Waals surface area contributed by atoms with Gasteiger partial charge in [0.25, 0.3) is 5.56 Å². The monoisotopic (exact) mass is 312 g/mol. The fourth-order valence-electron chi connectivity index (χ4n) is 3.30. The molecule has 0 saturated carbocycles. The molecule has 1 fully saturated rings. The van der Waals surface area contributed by atoms with Gasteiger partial charge in [0, 0.05) is 25.9 Å². The fraction of sp³-hybridized carbons (Fsp3) is 0.421. The summed E-state index contributed by atoms with van der Waals surface area (Å²) in [7, 11) is 1.77. The van der Waals surface area contributed by atoms with E-state index in [0.717, 1.165) is 43.6 Å². The summed E-state index contributed by atoms with van der Waals surface area (Å²) in [5, 5.41) is 10.5. The molecule has 0 bridgehead atoms. The van der Waals surface area contributed by atoms with Crippen LogP contribution < -0.4 is 5.56 Å². The van der Waals surface area contributed by atoms with Crippen LogP contribution in [0.5, 0.6) is 0 Å². The van der Waals surface area contributed by atoms with Gasteiger partial charge >= 0.3 is 0 Å². The van der Waals surface area contributed by atoms with Crippen LogP contribution in [0.1, 0.15) is 30.1 Å². The highest BCUT2D eigenvalue weighted by atomic mass is 16.3. The molecule has 1 aromatic heterocycles. The predicted octanol–water partition coefficient (Wildman–Crippen LogP) is 2.33. The predicted molar refractivity (Wildman–Crippen MR) is 91.1 cm³/mol. The van der Waals surface area contributed by atoms with Gasteiger partial charge in [-0.2, -0.15) is 0 Å². The van der Waals surface area contributed by atoms with Crippen LogP contribution in [-0.2, 0) is 13.6 Å². The van der Waals surface area contributed by atoms with Crippen molar-refractivity contribution in [3.63, 3.8) is 0 Å². The Labute approximate surface area is 137 Å². The van der Waals surface area contributed by atoms with Crippen LogP contribution in [0.25, 0.3) is 0 Å². The highest BCUT2D eigenvalue weighted by molar-refractivity contribution is 5.18. The van der Waals surface area contributed by atoms with E-state index in [4.69, 9.17) is 0 Å². The van der Waals surface area contributed by atoms with E-state index >= 15 is 0 Å². The number of hydrogen-bond acceptors (Lipinski definition) is 3. The Morgan fingerprint density at radius 3 is 2.52 bits per heavy atom. The molecule has 1 N–H and O–H groups in total. The van der Waals surface area contributed by atoms with Gasteiger partial charge in [0.2, 0.25) is 0 Å². The van der Waals surface area contributed by atoms with Crippen LogP contribution in [0.4, 0.5) is 0 Å². The second kappa shape index (κ2) is 7.11. The van der Waals surface area contributed by atoms with E-state index in [1.165, 1.54) is 0 Å². The molecule has 122 valence electrons. The third kappa shape index (κ3) is 3.89. The number of benzene rings is 1. The minimum Gasteiger partial charge on any atom is -0.388 e. The van der Waals surface area contributed by atoms with Gasteiger partial charge in [-0.1, -0.05) is 30.3 Å². The average Bonchev–Trinajstić information content (AvgIpc) is 2.59. The van der Waals surface area contributed by atoms with E-state index in [2.05, 4.69) is 4.90 Å². The van der Waals surface area contributed by atoms with Gasteiger partial charge in [0.1, 0.15) is 0 Å². The Morgan fingerprint density at radius 2 is 1.87 bits per heavy atom. The van der Waals surface area contributed by atoms with Crippen molar-refractivity contribution in [2.75, 3.05) is 13.1 Å². The van der Waals surface area contributed by atoms with Gasteiger partial charge in [-0.05, 0) is 49.0 Å². The van der Waals surface area contributed by atoms with E-state index in [9.17, 15) is 9.90 Å². The summed E-state index contributed by atoms with van der Waals surface area (Å²) < 4.78 is 1.59. The second-order valence-corrected chi connectivity index (χ2v) is 6.45. The van der Waals surface area contributed by atoms with Gasteiger partial charge in [0.15, 0.2) is 0 Å². The molecular formula is C19H24N2O2. The number of likely N-dealkylation sites (tertiary alicyclic amines) is 1. The SMILES string of the molecule is Cn1ccc(CN2CCC(C(O)c3ccccc3)CC2)cc1=O. The summed E-state index contributed by atoms with van der Waals surface area (Å²) in [6.07, 6.45) is 3.42. The molecule has 1 aliphatic heterocycles. The highest BCUT2D eigenvalue weighted by Crippen LogP contribution is 2.30. The average molecular weight is 312 g/mol. The molecule has 0 spiro atoms. The molecule has 1 aliphatic rings. The van der Waals surface area contributed by atoms with Crippen LogP contribution >= 0.6 is 0 Å². The Kier molecular flexibility index (Phi) is 4.94. The van der Waals surface area contributed by atoms with Crippen molar-refractivity contribution >= 4 is 0 Å². The number of aliphatic hydroxyl groups is 1. The zero-order chi connectivity index (χ0) is 16.2. The van der Waals surface area contributed by atoms with Crippen molar-refractivity contribution in [1.82, 2.24) is 9.47 Å². The van der Waals surface area contributed by atoms with E-state index < -0.39 is 0 Å². The second-order valence-electron chi connectivity index (χ2n) is 6.45. The largest absolute Gasteiger partial charge is 0.388 e. The lowest BCUT2D eigenvalue weighted by molar-refractivity contribution is 0.0567. The van der Waals surface area contributed by atoms with Gasteiger partial charge in [0.05, 0.1) is 6.10 Å². The minimum absolute atomic E-state index is 0.0388. The number of aliphatic hydroxyl groups excluding tert-OH is 1. The van der Waals surface area contributed by atoms with Gasteiger partial charge in [-0.3, -0.25) is 9.69 Å². The van der Waals surface area contributed by atoms with E-state index in [-0.39, 0.29) is 11.7 Å². The minimum atomic E-state index is -0.373. The van der Waals surface area contributed by atoms with Crippen molar-refractivity contribution in [2.24, 2.45) is 13.0 Å². The number of rotatable bonds is 4. The Morgan fingerprint density at radius 1 is 1.17 bits per heavy atom. The Balaban J connectivity index is 1.56. The normalized spacial score (nSPS) is 18.0. The van der Waals surface area contributed by atoms with Crippen molar-refractivity contribution in [3.8, 4) is 0 Å². The first-order chi connectivity index (χ1) is 11.1. The molecular weight excluding hydrogens is 288 g/mol. The summed E-state index contributed by atoms with van der Waals surface area (Å²) >= 11 is 0. The van der Waals surface area contributed by atoms with E-state index in [1.54, 1.807) is 17.7 Å². The Bertz CT molecular complexity index is 688. The topological polar surface area (TPSA) is 45.5 Å². The number of aromatic nitrogens is 1. The lowest BCUT2D eigenvalue weighted by Crippen LogP contribution is -2.35. The molecule has 4 nitrogen and oxygen atoms in total. The van der Waals surface area contributed by atoms with Gasteiger partial charge in [-0.15, -0.1) is 0 Å². The molecule has 1 atom stereocenters. The van der Waals surface area contributed by atoms with Crippen LogP contribution in [0.15, 0.2) is 53.5 Å². The molecule has 2 heterocycles. The first kappa shape index (κ1) is 16.0. The molecule has 2 aromatic rings. The molecule has 4 heteroatoms. The molecule has 0 radical (unpaired) electrons. The fourth-order valence-corrected chi connectivity index (χ4v) is 3.30. The quantitative estimate of drug-likeness (QED) is 0.942. The molecule has 1 aromatic carbocycles. The lowest BCUT2D eigenvalue weighted by atomic mass is 9.87. The highest BCUT2D eigenvalue weighted by Gasteiger charge is 2.26. The number of piperidine rings is 1. The van der Waals surface area contributed by atoms with Crippen LogP contribution in [0, 0.1) is 5.92 Å². The van der Waals surface area contributed by atoms with E-state index in [1.807, 2.05) is 42.6 Å². The number of nitrogens with zero attached hydrogens (tertiary/aromatic N) is 2. The molecule has 3 rings (SSSR count). The number of aryl methyl sites for hydroxylation is 1. The summed E-state index contributed by atoms with van der Waals surface area (Å²) in [6, 6.07) is 13.6. The number of pyridine rings is 1. The van der Waals surface area contributed by atoms with Gasteiger partial charge < -0.3 is 9.67 Å². The summed E-state index contributed by atoms with van der Waals surface area (Å²) in [5.41, 5.74) is 2.12. The van der Waals surface area contributed by atoms with Crippen LogP contribution in [-0.4, -0.2) is 27.7 Å². The first-order valence-electron chi connectivity index (χ1n) is 8.24. The summed E-state index contributed by atoms with van der Waals surface area (Å²) in [5.74, 6) is 0.317. The van der Waals surface area contributed by atoms with Crippen LogP contribution in [0.2, 0.25) is 0 Å². The lowest BCUT2D eigenvalue weighted by Gasteiger charge is -2.34. The molecule has 0 aliphatic carbocycles. The maximum Gasteiger partial charge on any atom is 0.250 e.